The van der Waals surface area contributed by atoms with Gasteiger partial charge in [-0.3, -0.25) is 4.79 Å². The number of allylic oxidation sites excluding steroid dienone is 2. The van der Waals surface area contributed by atoms with Crippen molar-refractivity contribution in [3.63, 3.8) is 0 Å². The smallest absolute Gasteiger partial charge is 0.316 e. The first-order valence-corrected chi connectivity index (χ1v) is 12.7. The van der Waals surface area contributed by atoms with Crippen molar-refractivity contribution in [2.75, 3.05) is 37.3 Å². The second-order valence-corrected chi connectivity index (χ2v) is 9.45. The molecule has 1 fully saturated rings. The summed E-state index contributed by atoms with van der Waals surface area (Å²) in [6.07, 6.45) is 5.94. The summed E-state index contributed by atoms with van der Waals surface area (Å²) in [7, 11) is 0. The fourth-order valence-electron chi connectivity index (χ4n) is 4.02. The van der Waals surface area contributed by atoms with E-state index in [-0.39, 0.29) is 5.56 Å². The van der Waals surface area contributed by atoms with Crippen molar-refractivity contribution >= 4 is 23.2 Å². The predicted molar refractivity (Wildman–Crippen MR) is 142 cm³/mol. The number of hydrogen-bond acceptors (Lipinski definition) is 6. The van der Waals surface area contributed by atoms with Gasteiger partial charge in [-0.25, -0.2) is 4.31 Å². The number of aryl methyl sites for hydroxylation is 2. The van der Waals surface area contributed by atoms with E-state index in [2.05, 4.69) is 39.6 Å². The first kappa shape index (κ1) is 24.1. The molecular formula is C27H32N4O2S. The molecule has 0 bridgehead atoms. The third kappa shape index (κ3) is 5.05. The molecule has 0 spiro atoms. The van der Waals surface area contributed by atoms with Crippen LogP contribution in [-0.4, -0.2) is 46.5 Å². The van der Waals surface area contributed by atoms with Crippen molar-refractivity contribution in [1.82, 2.24) is 14.1 Å². The molecule has 0 amide bonds. The Balaban J connectivity index is 1.77. The van der Waals surface area contributed by atoms with Gasteiger partial charge >= 0.3 is 5.56 Å². The maximum Gasteiger partial charge on any atom is 0.316 e. The van der Waals surface area contributed by atoms with Crippen molar-refractivity contribution in [2.24, 2.45) is 0 Å². The summed E-state index contributed by atoms with van der Waals surface area (Å²) in [5.74, 6) is 0.988. The van der Waals surface area contributed by atoms with Crippen LogP contribution in [0, 0.1) is 13.8 Å². The third-order valence-electron chi connectivity index (χ3n) is 6.31. The van der Waals surface area contributed by atoms with E-state index in [1.807, 2.05) is 57.2 Å². The number of piperazine rings is 1. The average molecular weight is 477 g/mol. The molecular weight excluding hydrogens is 444 g/mol. The van der Waals surface area contributed by atoms with Gasteiger partial charge in [0.1, 0.15) is 11.4 Å². The van der Waals surface area contributed by atoms with Crippen LogP contribution in [0.15, 0.2) is 59.5 Å². The number of ether oxygens (including phenoxy) is 1. The highest BCUT2D eigenvalue weighted by Gasteiger charge is 2.24. The number of anilines is 1. The Morgan fingerprint density at radius 3 is 2.38 bits per heavy atom. The molecule has 0 saturated carbocycles. The molecule has 2 aromatic carbocycles. The second-order valence-electron chi connectivity index (χ2n) is 8.56. The quantitative estimate of drug-likeness (QED) is 0.440. The monoisotopic (exact) mass is 476 g/mol. The summed E-state index contributed by atoms with van der Waals surface area (Å²) in [5.41, 5.74) is 5.65. The summed E-state index contributed by atoms with van der Waals surface area (Å²) in [6.45, 7) is 11.6. The van der Waals surface area contributed by atoms with Crippen LogP contribution in [-0.2, 0) is 0 Å². The molecule has 0 atom stereocenters. The molecule has 0 aliphatic carbocycles. The standard InChI is InChI=1S/C27H32N4O2S/c1-6-20(3)22-9-12-25(21(4)17-22)33-26-24(29-13-15-30(34-5)16-14-29)18-28-31(27(26)32)23-10-7-19(2)8-11-23/h6-12,17-18H,13-16H2,1-5H3/b20-6+. The van der Waals surface area contributed by atoms with E-state index in [4.69, 9.17) is 4.74 Å². The van der Waals surface area contributed by atoms with Crippen LogP contribution in [0.4, 0.5) is 5.69 Å². The van der Waals surface area contributed by atoms with E-state index >= 15 is 0 Å². The molecule has 7 heteroatoms. The Kier molecular flexibility index (Phi) is 7.44. The molecule has 1 aromatic heterocycles. The normalized spacial score (nSPS) is 15.0. The predicted octanol–water partition coefficient (Wildman–Crippen LogP) is 5.46. The van der Waals surface area contributed by atoms with E-state index in [0.29, 0.717) is 11.5 Å². The van der Waals surface area contributed by atoms with E-state index in [0.717, 1.165) is 54.2 Å². The van der Waals surface area contributed by atoms with Crippen molar-refractivity contribution < 1.29 is 4.74 Å². The molecule has 6 nitrogen and oxygen atoms in total. The third-order valence-corrected chi connectivity index (χ3v) is 7.19. The molecule has 0 radical (unpaired) electrons. The molecule has 1 saturated heterocycles. The Hall–Kier alpha value is -3.03. The Morgan fingerprint density at radius 1 is 1.06 bits per heavy atom. The minimum absolute atomic E-state index is 0.262. The summed E-state index contributed by atoms with van der Waals surface area (Å²) < 4.78 is 10.1. The fourth-order valence-corrected chi connectivity index (χ4v) is 4.55. The minimum atomic E-state index is -0.262. The van der Waals surface area contributed by atoms with Crippen LogP contribution in [0.1, 0.15) is 30.5 Å². The van der Waals surface area contributed by atoms with Gasteiger partial charge in [0.05, 0.1) is 11.9 Å². The zero-order valence-corrected chi connectivity index (χ0v) is 21.4. The van der Waals surface area contributed by atoms with Gasteiger partial charge in [0.2, 0.25) is 5.75 Å². The van der Waals surface area contributed by atoms with Crippen LogP contribution in [0.3, 0.4) is 0 Å². The van der Waals surface area contributed by atoms with Crippen LogP contribution >= 0.6 is 11.9 Å². The molecule has 1 aliphatic heterocycles. The maximum atomic E-state index is 13.7. The van der Waals surface area contributed by atoms with Crippen LogP contribution in [0.5, 0.6) is 11.5 Å². The van der Waals surface area contributed by atoms with Gasteiger partial charge in [0.25, 0.3) is 0 Å². The summed E-state index contributed by atoms with van der Waals surface area (Å²) in [4.78, 5) is 15.9. The lowest BCUT2D eigenvalue weighted by Crippen LogP contribution is -2.44. The van der Waals surface area contributed by atoms with Gasteiger partial charge in [0.15, 0.2) is 0 Å². The van der Waals surface area contributed by atoms with E-state index in [9.17, 15) is 4.79 Å². The molecule has 1 aliphatic rings. The minimum Gasteiger partial charge on any atom is -0.449 e. The maximum absolute atomic E-state index is 13.7. The van der Waals surface area contributed by atoms with Gasteiger partial charge in [-0.15, -0.1) is 0 Å². The fraction of sp³-hybridized carbons (Fsp3) is 0.333. The van der Waals surface area contributed by atoms with Gasteiger partial charge < -0.3 is 9.64 Å². The van der Waals surface area contributed by atoms with Gasteiger partial charge in [-0.1, -0.05) is 41.8 Å². The molecule has 0 N–H and O–H groups in total. The van der Waals surface area contributed by atoms with Crippen LogP contribution < -0.4 is 15.2 Å². The Labute approximate surface area is 206 Å². The summed E-state index contributed by atoms with van der Waals surface area (Å²) in [6, 6.07) is 13.9. The highest BCUT2D eigenvalue weighted by Crippen LogP contribution is 2.33. The SMILES string of the molecule is C/C=C(\C)c1ccc(Oc2c(N3CCN(SC)CC3)cnn(-c3ccc(C)cc3)c2=O)c(C)c1. The van der Waals surface area contributed by atoms with Crippen molar-refractivity contribution in [2.45, 2.75) is 27.7 Å². The lowest BCUT2D eigenvalue weighted by Gasteiger charge is -2.35. The van der Waals surface area contributed by atoms with Crippen molar-refractivity contribution in [1.29, 1.82) is 0 Å². The second kappa shape index (κ2) is 10.5. The Morgan fingerprint density at radius 2 is 1.76 bits per heavy atom. The van der Waals surface area contributed by atoms with Gasteiger partial charge in [0, 0.05) is 26.2 Å². The highest BCUT2D eigenvalue weighted by atomic mass is 32.2. The van der Waals surface area contributed by atoms with E-state index in [1.54, 1.807) is 18.1 Å². The molecule has 178 valence electrons. The lowest BCUT2D eigenvalue weighted by molar-refractivity contribution is 0.420. The first-order chi connectivity index (χ1) is 16.4. The zero-order chi connectivity index (χ0) is 24.2. The first-order valence-electron chi connectivity index (χ1n) is 11.6. The number of aromatic nitrogens is 2. The molecule has 4 rings (SSSR count). The summed E-state index contributed by atoms with van der Waals surface area (Å²) in [5, 5.41) is 4.52. The number of benzene rings is 2. The van der Waals surface area contributed by atoms with Crippen LogP contribution in [0.25, 0.3) is 11.3 Å². The zero-order valence-electron chi connectivity index (χ0n) is 20.5. The number of nitrogens with zero attached hydrogens (tertiary/aromatic N) is 4. The summed E-state index contributed by atoms with van der Waals surface area (Å²) >= 11 is 1.75. The molecule has 2 heterocycles. The van der Waals surface area contributed by atoms with Gasteiger partial charge in [-0.2, -0.15) is 9.78 Å². The largest absolute Gasteiger partial charge is 0.449 e. The van der Waals surface area contributed by atoms with Gasteiger partial charge in [-0.05, 0) is 74.9 Å². The molecule has 3 aromatic rings. The highest BCUT2D eigenvalue weighted by molar-refractivity contribution is 7.96. The van der Waals surface area contributed by atoms with Crippen molar-refractivity contribution in [3.8, 4) is 17.2 Å². The molecule has 34 heavy (non-hydrogen) atoms. The number of hydrogen-bond donors (Lipinski definition) is 0. The van der Waals surface area contributed by atoms with E-state index in [1.165, 1.54) is 10.3 Å². The molecule has 0 unspecified atom stereocenters. The lowest BCUT2D eigenvalue weighted by atomic mass is 10.0. The topological polar surface area (TPSA) is 50.6 Å². The Bertz CT molecular complexity index is 1240. The average Bonchev–Trinajstić information content (AvgIpc) is 2.86. The van der Waals surface area contributed by atoms with Crippen molar-refractivity contribution in [3.05, 3.63) is 81.8 Å². The van der Waals surface area contributed by atoms with Crippen LogP contribution in [0.2, 0.25) is 0 Å². The van der Waals surface area contributed by atoms with E-state index < -0.39 is 0 Å². The number of rotatable bonds is 6.